The van der Waals surface area contributed by atoms with Crippen molar-refractivity contribution in [2.24, 2.45) is 0 Å². The molecule has 128 valence electrons. The third-order valence-corrected chi connectivity index (χ3v) is 5.60. The van der Waals surface area contributed by atoms with Gasteiger partial charge >= 0.3 is 0 Å². The van der Waals surface area contributed by atoms with E-state index in [4.69, 9.17) is 17.0 Å². The molecule has 1 amide bonds. The van der Waals surface area contributed by atoms with E-state index in [1.807, 2.05) is 54.6 Å². The van der Waals surface area contributed by atoms with Crippen LogP contribution in [0.15, 0.2) is 53.4 Å². The van der Waals surface area contributed by atoms with Crippen molar-refractivity contribution in [3.63, 3.8) is 0 Å². The van der Waals surface area contributed by atoms with Crippen LogP contribution in [0.4, 0.5) is 5.69 Å². The van der Waals surface area contributed by atoms with Gasteiger partial charge in [0.05, 0.1) is 24.4 Å². The van der Waals surface area contributed by atoms with Gasteiger partial charge in [0.15, 0.2) is 0 Å². The Balaban J connectivity index is 1.73. The molecule has 0 radical (unpaired) electrons. The van der Waals surface area contributed by atoms with Crippen LogP contribution in [-0.4, -0.2) is 28.9 Å². The number of amides is 1. The van der Waals surface area contributed by atoms with Crippen LogP contribution >= 0.6 is 46.6 Å². The molecular formula is C18H15IN2O2S2. The Morgan fingerprint density at radius 1 is 1.28 bits per heavy atom. The van der Waals surface area contributed by atoms with Gasteiger partial charge < -0.3 is 10.1 Å². The molecule has 1 saturated heterocycles. The fraction of sp³-hybridized carbons (Fsp3) is 0.111. The fourth-order valence-electron chi connectivity index (χ4n) is 2.34. The average molecular weight is 482 g/mol. The van der Waals surface area contributed by atoms with Crippen LogP contribution in [0.1, 0.15) is 5.56 Å². The molecule has 25 heavy (non-hydrogen) atoms. The summed E-state index contributed by atoms with van der Waals surface area (Å²) in [6.07, 6.45) is 1.88. The van der Waals surface area contributed by atoms with Gasteiger partial charge in [-0.3, -0.25) is 9.69 Å². The smallest absolute Gasteiger partial charge is 0.267 e. The van der Waals surface area contributed by atoms with Gasteiger partial charge in [0.1, 0.15) is 10.1 Å². The van der Waals surface area contributed by atoms with Crippen molar-refractivity contribution in [1.29, 1.82) is 0 Å². The lowest BCUT2D eigenvalue weighted by atomic mass is 10.2. The average Bonchev–Trinajstić information content (AvgIpc) is 2.87. The van der Waals surface area contributed by atoms with Crippen LogP contribution in [0.25, 0.3) is 6.08 Å². The number of halogens is 1. The first-order chi connectivity index (χ1) is 12.1. The molecule has 4 nitrogen and oxygen atoms in total. The summed E-state index contributed by atoms with van der Waals surface area (Å²) in [4.78, 5) is 14.9. The maximum Gasteiger partial charge on any atom is 0.267 e. The molecule has 0 spiro atoms. The molecule has 1 heterocycles. The zero-order valence-electron chi connectivity index (χ0n) is 13.4. The van der Waals surface area contributed by atoms with Gasteiger partial charge in [0, 0.05) is 3.57 Å². The molecule has 0 bridgehead atoms. The van der Waals surface area contributed by atoms with Gasteiger partial charge in [0.2, 0.25) is 0 Å². The summed E-state index contributed by atoms with van der Waals surface area (Å²) < 4.78 is 6.98. The van der Waals surface area contributed by atoms with E-state index >= 15 is 0 Å². The lowest BCUT2D eigenvalue weighted by Gasteiger charge is -2.17. The van der Waals surface area contributed by atoms with Crippen molar-refractivity contribution in [3.05, 3.63) is 62.6 Å². The minimum Gasteiger partial charge on any atom is -0.495 e. The van der Waals surface area contributed by atoms with Crippen LogP contribution in [0.3, 0.4) is 0 Å². The highest BCUT2D eigenvalue weighted by Gasteiger charge is 2.31. The number of benzene rings is 2. The monoisotopic (exact) mass is 482 g/mol. The quantitative estimate of drug-likeness (QED) is 0.384. The highest BCUT2D eigenvalue weighted by atomic mass is 127. The maximum absolute atomic E-state index is 12.7. The molecule has 1 aliphatic heterocycles. The molecule has 1 fully saturated rings. The third kappa shape index (κ3) is 4.34. The second kappa shape index (κ2) is 8.20. The van der Waals surface area contributed by atoms with Crippen LogP contribution in [0.5, 0.6) is 5.75 Å². The molecule has 0 aromatic heterocycles. The van der Waals surface area contributed by atoms with Crippen LogP contribution < -0.4 is 10.1 Å². The maximum atomic E-state index is 12.7. The molecule has 2 aromatic carbocycles. The number of hydrogen-bond donors (Lipinski definition) is 1. The Morgan fingerprint density at radius 3 is 2.84 bits per heavy atom. The number of nitrogens with zero attached hydrogens (tertiary/aromatic N) is 1. The van der Waals surface area contributed by atoms with E-state index in [9.17, 15) is 4.79 Å². The van der Waals surface area contributed by atoms with Crippen LogP contribution in [0, 0.1) is 3.57 Å². The third-order valence-electron chi connectivity index (χ3n) is 3.55. The van der Waals surface area contributed by atoms with Crippen molar-refractivity contribution in [2.75, 3.05) is 19.1 Å². The Morgan fingerprint density at radius 2 is 2.08 bits per heavy atom. The predicted octanol–water partition coefficient (Wildman–Crippen LogP) is 4.57. The van der Waals surface area contributed by atoms with Gasteiger partial charge in [-0.25, -0.2) is 0 Å². The van der Waals surface area contributed by atoms with E-state index < -0.39 is 0 Å². The van der Waals surface area contributed by atoms with Crippen molar-refractivity contribution in [3.8, 4) is 5.75 Å². The van der Waals surface area contributed by atoms with E-state index in [1.165, 1.54) is 11.8 Å². The Hall–Kier alpha value is -1.58. The zero-order chi connectivity index (χ0) is 17.8. The highest BCUT2D eigenvalue weighted by Crippen LogP contribution is 2.33. The van der Waals surface area contributed by atoms with Gasteiger partial charge in [-0.1, -0.05) is 48.2 Å². The zero-order valence-corrected chi connectivity index (χ0v) is 17.2. The molecule has 1 N–H and O–H groups in total. The number of rotatable bonds is 5. The first-order valence-electron chi connectivity index (χ1n) is 7.46. The SMILES string of the molecule is COc1ccccc1NCN1C(=O)/C(=C\c2cccc(I)c2)SC1=S. The summed E-state index contributed by atoms with van der Waals surface area (Å²) in [5.41, 5.74) is 1.81. The lowest BCUT2D eigenvalue weighted by molar-refractivity contribution is -0.121. The first-order valence-corrected chi connectivity index (χ1v) is 9.76. The van der Waals surface area contributed by atoms with E-state index in [0.29, 0.717) is 15.9 Å². The second-order valence-electron chi connectivity index (χ2n) is 5.20. The summed E-state index contributed by atoms with van der Waals surface area (Å²) in [6, 6.07) is 15.6. The number of ether oxygens (including phenoxy) is 1. The van der Waals surface area contributed by atoms with Crippen molar-refractivity contribution < 1.29 is 9.53 Å². The largest absolute Gasteiger partial charge is 0.495 e. The minimum absolute atomic E-state index is 0.0868. The van der Waals surface area contributed by atoms with Crippen LogP contribution in [-0.2, 0) is 4.79 Å². The van der Waals surface area contributed by atoms with Crippen LogP contribution in [0.2, 0.25) is 0 Å². The summed E-state index contributed by atoms with van der Waals surface area (Å²) in [5.74, 6) is 0.638. The van der Waals surface area contributed by atoms with Crippen molar-refractivity contribution in [1.82, 2.24) is 4.90 Å². The Labute approximate surface area is 169 Å². The lowest BCUT2D eigenvalue weighted by Crippen LogP contribution is -2.33. The number of hydrogen-bond acceptors (Lipinski definition) is 5. The minimum atomic E-state index is -0.0868. The van der Waals surface area contributed by atoms with Gasteiger partial charge in [-0.05, 0) is 58.5 Å². The Bertz CT molecular complexity index is 854. The van der Waals surface area contributed by atoms with Gasteiger partial charge in [-0.2, -0.15) is 0 Å². The normalized spacial score (nSPS) is 15.8. The molecule has 0 unspecified atom stereocenters. The molecule has 7 heteroatoms. The van der Waals surface area contributed by atoms with Crippen molar-refractivity contribution in [2.45, 2.75) is 0 Å². The summed E-state index contributed by atoms with van der Waals surface area (Å²) in [6.45, 7) is 0.300. The number of thioether (sulfide) groups is 1. The highest BCUT2D eigenvalue weighted by molar-refractivity contribution is 14.1. The first kappa shape index (κ1) is 18.2. The van der Waals surface area contributed by atoms with Crippen molar-refractivity contribution >= 4 is 68.6 Å². The number of carbonyl (C=O) groups excluding carboxylic acids is 1. The van der Waals surface area contributed by atoms with Gasteiger partial charge in [-0.15, -0.1) is 0 Å². The van der Waals surface area contributed by atoms with E-state index in [0.717, 1.165) is 20.6 Å². The number of carbonyl (C=O) groups is 1. The second-order valence-corrected chi connectivity index (χ2v) is 8.12. The topological polar surface area (TPSA) is 41.6 Å². The summed E-state index contributed by atoms with van der Waals surface area (Å²) >= 11 is 8.94. The standard InChI is InChI=1S/C18H15IN2O2S2/c1-23-15-8-3-2-7-14(15)20-11-21-17(22)16(25-18(21)24)10-12-5-4-6-13(19)9-12/h2-10,20H,11H2,1H3/b16-10+. The molecule has 2 aromatic rings. The van der Waals surface area contributed by atoms with Gasteiger partial charge in [0.25, 0.3) is 5.91 Å². The summed E-state index contributed by atoms with van der Waals surface area (Å²) in [7, 11) is 1.62. The predicted molar refractivity (Wildman–Crippen MR) is 116 cm³/mol. The molecule has 0 saturated carbocycles. The number of methoxy groups -OCH3 is 1. The number of thiocarbonyl (C=S) groups is 1. The molecule has 3 rings (SSSR count). The number of anilines is 1. The van der Waals surface area contributed by atoms with E-state index in [1.54, 1.807) is 12.0 Å². The molecule has 0 atom stereocenters. The fourth-order valence-corrected chi connectivity index (χ4v) is 4.16. The van der Waals surface area contributed by atoms with E-state index in [2.05, 4.69) is 27.9 Å². The number of para-hydroxylation sites is 2. The van der Waals surface area contributed by atoms with E-state index in [-0.39, 0.29) is 5.91 Å². The molecule has 0 aliphatic carbocycles. The summed E-state index contributed by atoms with van der Waals surface area (Å²) in [5, 5.41) is 3.21. The number of nitrogens with one attached hydrogen (secondary N) is 1. The molecule has 1 aliphatic rings. The Kier molecular flexibility index (Phi) is 5.98. The molecular weight excluding hydrogens is 467 g/mol.